The van der Waals surface area contributed by atoms with E-state index in [1.54, 1.807) is 6.20 Å². The molecule has 0 atom stereocenters. The zero-order valence-electron chi connectivity index (χ0n) is 5.00. The Labute approximate surface area is 62.7 Å². The van der Waals surface area contributed by atoms with Crippen LogP contribution in [0, 0.1) is 0 Å². The molecule has 0 unspecified atom stereocenters. The van der Waals surface area contributed by atoms with Crippen molar-refractivity contribution in [3.63, 3.8) is 0 Å². The van der Waals surface area contributed by atoms with E-state index in [4.69, 9.17) is 0 Å². The van der Waals surface area contributed by atoms with Gasteiger partial charge in [0.2, 0.25) is 0 Å². The van der Waals surface area contributed by atoms with Crippen molar-refractivity contribution >= 4 is 24.5 Å². The number of pyridine rings is 1. The van der Waals surface area contributed by atoms with Gasteiger partial charge in [0.15, 0.2) is 0 Å². The van der Waals surface area contributed by atoms with Crippen molar-refractivity contribution in [2.75, 3.05) is 0 Å². The number of nitrogens with one attached hydrogen (secondary N) is 1. The zero-order chi connectivity index (χ0) is 6.97. The van der Waals surface area contributed by atoms with Crippen LogP contribution in [-0.2, 0) is 0 Å². The molecule has 0 amide bonds. The van der Waals surface area contributed by atoms with Crippen LogP contribution in [0.15, 0.2) is 23.1 Å². The molecule has 2 aromatic heterocycles. The molecule has 2 heterocycles. The average molecular weight is 199 g/mol. The van der Waals surface area contributed by atoms with Gasteiger partial charge in [-0.2, -0.15) is 0 Å². The van der Waals surface area contributed by atoms with Gasteiger partial charge in [0, 0.05) is 0 Å². The molecule has 0 saturated heterocycles. The van der Waals surface area contributed by atoms with Gasteiger partial charge in [-0.15, -0.1) is 0 Å². The third-order valence-corrected chi connectivity index (χ3v) is 3.00. The Hall–Kier alpha value is -0.861. The summed E-state index contributed by atoms with van der Waals surface area (Å²) in [6.45, 7) is 0. The van der Waals surface area contributed by atoms with Crippen LogP contribution < -0.4 is 5.56 Å². The number of hydrogen-bond acceptors (Lipinski definition) is 2. The third-order valence-electron chi connectivity index (χ3n) is 1.24. The molecule has 10 heavy (non-hydrogen) atoms. The second-order valence-electron chi connectivity index (χ2n) is 1.88. The van der Waals surface area contributed by atoms with Crippen LogP contribution in [0.5, 0.6) is 0 Å². The number of nitrogens with zero attached hydrogens (tertiary/aromatic N) is 1. The van der Waals surface area contributed by atoms with Crippen molar-refractivity contribution in [3.05, 3.63) is 28.7 Å². The molecule has 0 aromatic carbocycles. The molecule has 0 aliphatic rings. The molecule has 0 fully saturated rings. The molecule has 0 aliphatic heterocycles. The van der Waals surface area contributed by atoms with Crippen LogP contribution in [0.3, 0.4) is 0 Å². The number of aromatic amines is 1. The summed E-state index contributed by atoms with van der Waals surface area (Å²) in [6, 6.07) is 3.78. The predicted octanol–water partition coefficient (Wildman–Crippen LogP) is -0.0199. The van der Waals surface area contributed by atoms with Crippen molar-refractivity contribution in [2.24, 2.45) is 0 Å². The molecule has 0 bridgehead atoms. The summed E-state index contributed by atoms with van der Waals surface area (Å²) in [5, 5.41) is 0. The molecular weight excluding hydrogens is 195 g/mol. The molecule has 2 rings (SSSR count). The molecular formula is C6H4N2OSe. The fourth-order valence-corrected chi connectivity index (χ4v) is 2.24. The summed E-state index contributed by atoms with van der Waals surface area (Å²) >= 11 is 0.112. The van der Waals surface area contributed by atoms with Crippen LogP contribution in [0.25, 0.3) is 9.78 Å². The van der Waals surface area contributed by atoms with Crippen molar-refractivity contribution in [1.82, 2.24) is 8.96 Å². The summed E-state index contributed by atoms with van der Waals surface area (Å²) in [5.41, 5.74) is 0.568. The first-order valence-electron chi connectivity index (χ1n) is 2.80. The van der Waals surface area contributed by atoms with Gasteiger partial charge < -0.3 is 0 Å². The van der Waals surface area contributed by atoms with Crippen molar-refractivity contribution in [1.29, 1.82) is 0 Å². The molecule has 2 aromatic rings. The van der Waals surface area contributed by atoms with Crippen LogP contribution >= 0.6 is 0 Å². The maximum atomic E-state index is 10.9. The minimum atomic E-state index is -0.0319. The first kappa shape index (κ1) is 5.89. The van der Waals surface area contributed by atoms with Gasteiger partial charge in [-0.1, -0.05) is 0 Å². The van der Waals surface area contributed by atoms with Gasteiger partial charge in [0.25, 0.3) is 0 Å². The molecule has 0 spiro atoms. The fourth-order valence-electron chi connectivity index (χ4n) is 0.793. The topological polar surface area (TPSA) is 45.8 Å². The molecule has 0 saturated carbocycles. The van der Waals surface area contributed by atoms with E-state index in [2.05, 4.69) is 8.96 Å². The summed E-state index contributed by atoms with van der Waals surface area (Å²) < 4.78 is 3.80. The standard InChI is InChI=1S/C6H4N2OSe/c9-6-5-4(10-8-6)2-1-3-7-5/h1-3H,(H,8,9). The quantitative estimate of drug-likeness (QED) is 0.606. The van der Waals surface area contributed by atoms with Crippen LogP contribution in [0.1, 0.15) is 0 Å². The molecule has 0 radical (unpaired) electrons. The van der Waals surface area contributed by atoms with E-state index in [9.17, 15) is 4.79 Å². The van der Waals surface area contributed by atoms with Gasteiger partial charge in [-0.3, -0.25) is 0 Å². The van der Waals surface area contributed by atoms with Crippen molar-refractivity contribution < 1.29 is 0 Å². The van der Waals surface area contributed by atoms with Gasteiger partial charge in [0.05, 0.1) is 0 Å². The number of H-pyrrole nitrogens is 1. The Bertz CT molecular complexity index is 403. The number of fused-ring (bicyclic) bond motifs is 1. The normalized spacial score (nSPS) is 10.4. The Morgan fingerprint density at radius 1 is 1.60 bits per heavy atom. The van der Waals surface area contributed by atoms with Gasteiger partial charge in [-0.25, -0.2) is 0 Å². The van der Waals surface area contributed by atoms with Crippen LogP contribution in [-0.4, -0.2) is 23.7 Å². The minimum absolute atomic E-state index is 0.0319. The second-order valence-corrected chi connectivity index (χ2v) is 3.66. The van der Waals surface area contributed by atoms with Crippen LogP contribution in [0.4, 0.5) is 0 Å². The zero-order valence-corrected chi connectivity index (χ0v) is 6.71. The van der Waals surface area contributed by atoms with E-state index < -0.39 is 0 Å². The first-order chi connectivity index (χ1) is 4.88. The summed E-state index contributed by atoms with van der Waals surface area (Å²) in [7, 11) is 0. The van der Waals surface area contributed by atoms with E-state index in [-0.39, 0.29) is 20.3 Å². The summed E-state index contributed by atoms with van der Waals surface area (Å²) in [5.74, 6) is 0. The van der Waals surface area contributed by atoms with E-state index in [0.717, 1.165) is 4.26 Å². The molecule has 50 valence electrons. The Morgan fingerprint density at radius 3 is 3.30 bits per heavy atom. The molecule has 1 N–H and O–H groups in total. The monoisotopic (exact) mass is 200 g/mol. The van der Waals surface area contributed by atoms with Crippen molar-refractivity contribution in [2.45, 2.75) is 0 Å². The second kappa shape index (κ2) is 2.08. The summed E-state index contributed by atoms with van der Waals surface area (Å²) in [6.07, 6.45) is 1.64. The van der Waals surface area contributed by atoms with Gasteiger partial charge >= 0.3 is 62.2 Å². The number of hydrogen-bond donors (Lipinski definition) is 1. The number of aromatic nitrogens is 2. The van der Waals surface area contributed by atoms with E-state index in [0.29, 0.717) is 5.52 Å². The first-order valence-corrected chi connectivity index (χ1v) is 4.51. The average Bonchev–Trinajstić information content (AvgIpc) is 2.34. The Kier molecular flexibility index (Phi) is 1.22. The predicted molar refractivity (Wildman–Crippen MR) is 39.3 cm³/mol. The molecule has 3 nitrogen and oxygen atoms in total. The van der Waals surface area contributed by atoms with Crippen molar-refractivity contribution in [3.8, 4) is 0 Å². The van der Waals surface area contributed by atoms with E-state index >= 15 is 0 Å². The van der Waals surface area contributed by atoms with Crippen LogP contribution in [0.2, 0.25) is 0 Å². The molecule has 4 heteroatoms. The number of rotatable bonds is 0. The van der Waals surface area contributed by atoms with Gasteiger partial charge in [-0.05, 0) is 0 Å². The van der Waals surface area contributed by atoms with E-state index in [1.165, 1.54) is 0 Å². The third kappa shape index (κ3) is 0.735. The summed E-state index contributed by atoms with van der Waals surface area (Å²) in [4.78, 5) is 14.9. The Balaban J connectivity index is 3.07. The SMILES string of the molecule is O=c1[nH][se]c2cccnc12. The fraction of sp³-hybridized carbons (Fsp3) is 0. The van der Waals surface area contributed by atoms with Gasteiger partial charge in [0.1, 0.15) is 0 Å². The Morgan fingerprint density at radius 2 is 2.50 bits per heavy atom. The molecule has 0 aliphatic carbocycles. The van der Waals surface area contributed by atoms with E-state index in [1.807, 2.05) is 12.1 Å². The maximum absolute atomic E-state index is 10.9.